The molecule has 0 aliphatic heterocycles. The van der Waals surface area contributed by atoms with Crippen LogP contribution in [0, 0.1) is 12.7 Å². The van der Waals surface area contributed by atoms with E-state index in [9.17, 15) is 9.50 Å². The highest BCUT2D eigenvalue weighted by atomic mass is 19.1. The molecular weight excluding hydrogens is 257 g/mol. The molecule has 1 heterocycles. The van der Waals surface area contributed by atoms with Crippen LogP contribution in [0.1, 0.15) is 37.1 Å². The molecule has 4 heteroatoms. The SMILES string of the molecule is CCOC(O)c1cc(C)n(-c2ccc(F)cc2)c1CC. The number of hydrogen-bond acceptors (Lipinski definition) is 2. The highest BCUT2D eigenvalue weighted by Gasteiger charge is 2.18. The van der Waals surface area contributed by atoms with E-state index in [1.165, 1.54) is 12.1 Å². The van der Waals surface area contributed by atoms with Crippen LogP contribution in [-0.4, -0.2) is 16.3 Å². The molecule has 0 bridgehead atoms. The molecule has 0 amide bonds. The van der Waals surface area contributed by atoms with E-state index >= 15 is 0 Å². The smallest absolute Gasteiger partial charge is 0.182 e. The number of rotatable bonds is 5. The molecule has 1 N–H and O–H groups in total. The van der Waals surface area contributed by atoms with Crippen molar-refractivity contribution in [2.75, 3.05) is 6.61 Å². The van der Waals surface area contributed by atoms with Crippen molar-refractivity contribution in [3.63, 3.8) is 0 Å². The summed E-state index contributed by atoms with van der Waals surface area (Å²) in [6.07, 6.45) is -0.166. The summed E-state index contributed by atoms with van der Waals surface area (Å²) in [7, 11) is 0. The van der Waals surface area contributed by atoms with E-state index in [0.29, 0.717) is 6.61 Å². The van der Waals surface area contributed by atoms with E-state index in [2.05, 4.69) is 0 Å². The van der Waals surface area contributed by atoms with E-state index in [0.717, 1.165) is 29.1 Å². The Balaban J connectivity index is 2.50. The third-order valence-corrected chi connectivity index (χ3v) is 3.33. The molecule has 1 aromatic carbocycles. The zero-order valence-electron chi connectivity index (χ0n) is 12.1. The lowest BCUT2D eigenvalue weighted by Gasteiger charge is -2.14. The molecule has 0 spiro atoms. The number of hydrogen-bond donors (Lipinski definition) is 1. The fourth-order valence-electron chi connectivity index (χ4n) is 2.49. The molecule has 0 aliphatic carbocycles. The standard InChI is InChI=1S/C16H20FNO2/c1-4-15-14(16(19)20-5-2)10-11(3)18(15)13-8-6-12(17)7-9-13/h6-10,16,19H,4-5H2,1-3H3. The number of benzene rings is 1. The van der Waals surface area contributed by atoms with Gasteiger partial charge in [0.15, 0.2) is 6.29 Å². The third kappa shape index (κ3) is 2.76. The molecule has 0 saturated carbocycles. The number of aryl methyl sites for hydroxylation is 1. The van der Waals surface area contributed by atoms with Crippen LogP contribution in [0.5, 0.6) is 0 Å². The molecule has 3 nitrogen and oxygen atoms in total. The average molecular weight is 277 g/mol. The number of aliphatic hydroxyl groups is 1. The summed E-state index contributed by atoms with van der Waals surface area (Å²) in [6, 6.07) is 8.26. The number of nitrogens with zero attached hydrogens (tertiary/aromatic N) is 1. The molecule has 20 heavy (non-hydrogen) atoms. The van der Waals surface area contributed by atoms with Gasteiger partial charge in [-0.2, -0.15) is 0 Å². The summed E-state index contributed by atoms with van der Waals surface area (Å²) in [6.45, 7) is 6.28. The molecule has 108 valence electrons. The Morgan fingerprint density at radius 1 is 1.25 bits per heavy atom. The van der Waals surface area contributed by atoms with Crippen LogP contribution in [0.4, 0.5) is 4.39 Å². The zero-order chi connectivity index (χ0) is 14.7. The van der Waals surface area contributed by atoms with Gasteiger partial charge in [-0.15, -0.1) is 0 Å². The Labute approximate surface area is 118 Å². The Kier molecular flexibility index (Phi) is 4.57. The quantitative estimate of drug-likeness (QED) is 0.849. The molecule has 0 saturated heterocycles. The van der Waals surface area contributed by atoms with Crippen LogP contribution in [0.15, 0.2) is 30.3 Å². The van der Waals surface area contributed by atoms with Crippen molar-refractivity contribution >= 4 is 0 Å². The summed E-state index contributed by atoms with van der Waals surface area (Å²) in [5.74, 6) is -0.258. The summed E-state index contributed by atoms with van der Waals surface area (Å²) >= 11 is 0. The molecule has 1 atom stereocenters. The van der Waals surface area contributed by atoms with Crippen molar-refractivity contribution in [2.45, 2.75) is 33.5 Å². The highest BCUT2D eigenvalue weighted by Crippen LogP contribution is 2.27. The summed E-state index contributed by atoms with van der Waals surface area (Å²) in [5, 5.41) is 10.1. The minimum absolute atomic E-state index is 0.258. The van der Waals surface area contributed by atoms with E-state index < -0.39 is 6.29 Å². The lowest BCUT2D eigenvalue weighted by molar-refractivity contribution is -0.0984. The van der Waals surface area contributed by atoms with Crippen LogP contribution >= 0.6 is 0 Å². The van der Waals surface area contributed by atoms with Crippen molar-refractivity contribution < 1.29 is 14.2 Å². The second kappa shape index (κ2) is 6.20. The summed E-state index contributed by atoms with van der Waals surface area (Å²) in [4.78, 5) is 0. The normalized spacial score (nSPS) is 12.7. The average Bonchev–Trinajstić information content (AvgIpc) is 2.77. The maximum atomic E-state index is 13.0. The van der Waals surface area contributed by atoms with Gasteiger partial charge in [-0.3, -0.25) is 0 Å². The minimum atomic E-state index is -0.921. The lowest BCUT2D eigenvalue weighted by Crippen LogP contribution is -2.07. The number of halogens is 1. The molecule has 0 radical (unpaired) electrons. The molecule has 0 aliphatic rings. The second-order valence-electron chi connectivity index (χ2n) is 4.66. The van der Waals surface area contributed by atoms with Gasteiger partial charge in [0.25, 0.3) is 0 Å². The first-order valence-corrected chi connectivity index (χ1v) is 6.85. The van der Waals surface area contributed by atoms with E-state index in [1.807, 2.05) is 31.4 Å². The lowest BCUT2D eigenvalue weighted by atomic mass is 10.2. The van der Waals surface area contributed by atoms with Gasteiger partial charge in [0.2, 0.25) is 0 Å². The van der Waals surface area contributed by atoms with E-state index in [4.69, 9.17) is 4.74 Å². The van der Waals surface area contributed by atoms with Gasteiger partial charge >= 0.3 is 0 Å². The van der Waals surface area contributed by atoms with Crippen LogP contribution < -0.4 is 0 Å². The molecular formula is C16H20FNO2. The predicted molar refractivity (Wildman–Crippen MR) is 76.4 cm³/mol. The van der Waals surface area contributed by atoms with Gasteiger partial charge in [0.1, 0.15) is 5.82 Å². The summed E-state index contributed by atoms with van der Waals surface area (Å²) < 4.78 is 20.4. The van der Waals surface area contributed by atoms with Crippen molar-refractivity contribution in [1.82, 2.24) is 4.57 Å². The maximum Gasteiger partial charge on any atom is 0.182 e. The molecule has 0 fully saturated rings. The summed E-state index contributed by atoms with van der Waals surface area (Å²) in [5.41, 5.74) is 3.63. The maximum absolute atomic E-state index is 13.0. The molecule has 1 aromatic heterocycles. The predicted octanol–water partition coefficient (Wildman–Crippen LogP) is 3.51. The largest absolute Gasteiger partial charge is 0.364 e. The van der Waals surface area contributed by atoms with Gasteiger partial charge in [-0.25, -0.2) is 4.39 Å². The van der Waals surface area contributed by atoms with Crippen LogP contribution in [-0.2, 0) is 11.2 Å². The van der Waals surface area contributed by atoms with Gasteiger partial charge in [-0.1, -0.05) is 6.92 Å². The fourth-order valence-corrected chi connectivity index (χ4v) is 2.49. The van der Waals surface area contributed by atoms with Crippen LogP contribution in [0.3, 0.4) is 0 Å². The van der Waals surface area contributed by atoms with Gasteiger partial charge in [-0.05, 0) is 50.6 Å². The van der Waals surface area contributed by atoms with Crippen molar-refractivity contribution in [2.24, 2.45) is 0 Å². The van der Waals surface area contributed by atoms with Crippen molar-refractivity contribution in [1.29, 1.82) is 0 Å². The molecule has 1 unspecified atom stereocenters. The molecule has 2 rings (SSSR count). The first-order valence-electron chi connectivity index (χ1n) is 6.85. The first-order chi connectivity index (χ1) is 9.58. The number of aromatic nitrogens is 1. The highest BCUT2D eigenvalue weighted by molar-refractivity contribution is 5.42. The topological polar surface area (TPSA) is 34.4 Å². The first kappa shape index (κ1) is 14.8. The Morgan fingerprint density at radius 2 is 1.90 bits per heavy atom. The van der Waals surface area contributed by atoms with Crippen LogP contribution in [0.2, 0.25) is 0 Å². The van der Waals surface area contributed by atoms with Gasteiger partial charge in [0, 0.05) is 29.2 Å². The fraction of sp³-hybridized carbons (Fsp3) is 0.375. The Hall–Kier alpha value is -1.65. The minimum Gasteiger partial charge on any atom is -0.364 e. The zero-order valence-corrected chi connectivity index (χ0v) is 12.1. The number of aliphatic hydroxyl groups excluding tert-OH is 1. The number of ether oxygens (including phenoxy) is 1. The monoisotopic (exact) mass is 277 g/mol. The van der Waals surface area contributed by atoms with E-state index in [-0.39, 0.29) is 5.82 Å². The Morgan fingerprint density at radius 3 is 2.45 bits per heavy atom. The van der Waals surface area contributed by atoms with Crippen molar-refractivity contribution in [3.8, 4) is 5.69 Å². The van der Waals surface area contributed by atoms with Gasteiger partial charge in [0.05, 0.1) is 0 Å². The third-order valence-electron chi connectivity index (χ3n) is 3.33. The van der Waals surface area contributed by atoms with E-state index in [1.54, 1.807) is 12.1 Å². The van der Waals surface area contributed by atoms with Crippen LogP contribution in [0.25, 0.3) is 5.69 Å². The second-order valence-corrected chi connectivity index (χ2v) is 4.66. The van der Waals surface area contributed by atoms with Gasteiger partial charge < -0.3 is 14.4 Å². The molecule has 2 aromatic rings. The Bertz CT molecular complexity index is 575. The van der Waals surface area contributed by atoms with Crippen molar-refractivity contribution in [3.05, 3.63) is 53.1 Å².